The van der Waals surface area contributed by atoms with Gasteiger partial charge in [-0.2, -0.15) is 13.2 Å². The molecular weight excluding hydrogens is 179 g/mol. The molecule has 1 aliphatic rings. The van der Waals surface area contributed by atoms with Crippen molar-refractivity contribution in [3.8, 4) is 11.8 Å². The van der Waals surface area contributed by atoms with Gasteiger partial charge in [-0.3, -0.25) is 0 Å². The third-order valence-electron chi connectivity index (χ3n) is 2.18. The highest BCUT2D eigenvalue weighted by Crippen LogP contribution is 2.48. The first-order chi connectivity index (χ1) is 6.02. The van der Waals surface area contributed by atoms with E-state index in [1.165, 1.54) is 0 Å². The third-order valence-corrected chi connectivity index (χ3v) is 2.18. The van der Waals surface area contributed by atoms with Crippen LogP contribution in [-0.4, -0.2) is 18.3 Å². The molecule has 0 aliphatic heterocycles. The lowest BCUT2D eigenvalue weighted by Gasteiger charge is -2.19. The molecule has 0 saturated heterocycles. The first kappa shape index (κ1) is 10.4. The smallest absolute Gasteiger partial charge is 0.303 e. The van der Waals surface area contributed by atoms with Crippen molar-refractivity contribution in [2.45, 2.75) is 37.9 Å². The normalized spacial score (nSPS) is 19.1. The van der Waals surface area contributed by atoms with E-state index < -0.39 is 11.7 Å². The predicted octanol–water partition coefficient (Wildman–Crippen LogP) is 2.08. The summed E-state index contributed by atoms with van der Waals surface area (Å²) >= 11 is 0. The van der Waals surface area contributed by atoms with Crippen LogP contribution in [0.3, 0.4) is 0 Å². The number of rotatable bonds is 3. The number of nitrogens with one attached hydrogen (secondary N) is 1. The predicted molar refractivity (Wildman–Crippen MR) is 44.1 cm³/mol. The van der Waals surface area contributed by atoms with Crippen molar-refractivity contribution in [2.75, 3.05) is 6.54 Å². The minimum absolute atomic E-state index is 0.204. The lowest BCUT2D eigenvalue weighted by atomic mass is 10.2. The minimum Gasteiger partial charge on any atom is -0.303 e. The zero-order valence-electron chi connectivity index (χ0n) is 7.46. The second kappa shape index (κ2) is 3.59. The van der Waals surface area contributed by atoms with E-state index in [1.54, 1.807) is 6.92 Å². The van der Waals surface area contributed by atoms with Crippen molar-refractivity contribution in [1.29, 1.82) is 0 Å². The molecule has 0 radical (unpaired) electrons. The van der Waals surface area contributed by atoms with Gasteiger partial charge in [0.1, 0.15) is 5.54 Å². The van der Waals surface area contributed by atoms with Crippen molar-refractivity contribution in [3.63, 3.8) is 0 Å². The van der Waals surface area contributed by atoms with E-state index in [9.17, 15) is 13.2 Å². The Bertz CT molecular complexity index is 229. The van der Waals surface area contributed by atoms with Gasteiger partial charge in [0.15, 0.2) is 0 Å². The maximum Gasteiger partial charge on any atom is 0.406 e. The summed E-state index contributed by atoms with van der Waals surface area (Å²) in [6.45, 7) is 2.00. The highest BCUT2D eigenvalue weighted by Gasteiger charge is 2.62. The summed E-state index contributed by atoms with van der Waals surface area (Å²) in [5, 5.41) is 2.52. The molecule has 4 heteroatoms. The van der Waals surface area contributed by atoms with Crippen LogP contribution in [0.15, 0.2) is 0 Å². The van der Waals surface area contributed by atoms with Gasteiger partial charge in [0.2, 0.25) is 0 Å². The molecular formula is C9H12F3N. The number of halogens is 3. The molecule has 0 heterocycles. The fourth-order valence-electron chi connectivity index (χ4n) is 1.17. The summed E-state index contributed by atoms with van der Waals surface area (Å²) in [4.78, 5) is 0. The standard InChI is InChI=1S/C9H12F3N/c1-2-3-4-7-13-8(5-6-8)9(10,11)12/h13H,4-7H2,1H3. The molecule has 13 heavy (non-hydrogen) atoms. The molecule has 0 aromatic heterocycles. The SMILES string of the molecule is CC#CCCNC1(C(F)(F)F)CC1. The molecule has 0 aromatic rings. The highest BCUT2D eigenvalue weighted by molar-refractivity contribution is 5.08. The number of hydrogen-bond donors (Lipinski definition) is 1. The Morgan fingerprint density at radius 2 is 2.00 bits per heavy atom. The van der Waals surface area contributed by atoms with Crippen LogP contribution < -0.4 is 5.32 Å². The molecule has 1 nitrogen and oxygen atoms in total. The van der Waals surface area contributed by atoms with Crippen molar-refractivity contribution in [2.24, 2.45) is 0 Å². The van der Waals surface area contributed by atoms with Crippen molar-refractivity contribution in [1.82, 2.24) is 5.32 Å². The van der Waals surface area contributed by atoms with Crippen LogP contribution in [0.2, 0.25) is 0 Å². The molecule has 0 unspecified atom stereocenters. The van der Waals surface area contributed by atoms with Gasteiger partial charge in [-0.05, 0) is 19.8 Å². The Morgan fingerprint density at radius 3 is 2.38 bits per heavy atom. The van der Waals surface area contributed by atoms with Gasteiger partial charge in [0.25, 0.3) is 0 Å². The monoisotopic (exact) mass is 191 g/mol. The zero-order valence-corrected chi connectivity index (χ0v) is 7.46. The summed E-state index contributed by atoms with van der Waals surface area (Å²) in [5.74, 6) is 5.36. The van der Waals surface area contributed by atoms with Crippen LogP contribution in [0.25, 0.3) is 0 Å². The van der Waals surface area contributed by atoms with E-state index in [-0.39, 0.29) is 12.8 Å². The molecule has 1 saturated carbocycles. The molecule has 0 spiro atoms. The number of hydrogen-bond acceptors (Lipinski definition) is 1. The van der Waals surface area contributed by atoms with Crippen LogP contribution in [0.4, 0.5) is 13.2 Å². The fraction of sp³-hybridized carbons (Fsp3) is 0.778. The molecule has 74 valence electrons. The summed E-state index contributed by atoms with van der Waals surface area (Å²) < 4.78 is 36.9. The molecule has 1 aliphatic carbocycles. The molecule has 0 atom stereocenters. The Balaban J connectivity index is 2.31. The van der Waals surface area contributed by atoms with E-state index in [0.29, 0.717) is 13.0 Å². The maximum absolute atomic E-state index is 12.3. The second-order valence-electron chi connectivity index (χ2n) is 3.18. The maximum atomic E-state index is 12.3. The van der Waals surface area contributed by atoms with Crippen LogP contribution in [-0.2, 0) is 0 Å². The Hall–Kier alpha value is -0.690. The lowest BCUT2D eigenvalue weighted by Crippen LogP contribution is -2.45. The van der Waals surface area contributed by atoms with Gasteiger partial charge in [-0.1, -0.05) is 0 Å². The molecule has 1 N–H and O–H groups in total. The Labute approximate surface area is 75.7 Å². The van der Waals surface area contributed by atoms with Gasteiger partial charge < -0.3 is 5.32 Å². The first-order valence-electron chi connectivity index (χ1n) is 4.23. The van der Waals surface area contributed by atoms with E-state index in [4.69, 9.17) is 0 Å². The van der Waals surface area contributed by atoms with Gasteiger partial charge >= 0.3 is 6.18 Å². The Morgan fingerprint density at radius 1 is 1.38 bits per heavy atom. The number of alkyl halides is 3. The van der Waals surface area contributed by atoms with Gasteiger partial charge in [-0.15, -0.1) is 11.8 Å². The molecule has 0 aromatic carbocycles. The molecule has 0 amide bonds. The van der Waals surface area contributed by atoms with Gasteiger partial charge in [0, 0.05) is 13.0 Å². The third kappa shape index (κ3) is 2.38. The van der Waals surface area contributed by atoms with Crippen LogP contribution in [0.5, 0.6) is 0 Å². The summed E-state index contributed by atoms with van der Waals surface area (Å²) in [7, 11) is 0. The Kier molecular flexibility index (Phi) is 2.87. The average molecular weight is 191 g/mol. The van der Waals surface area contributed by atoms with E-state index in [0.717, 1.165) is 0 Å². The zero-order chi connectivity index (χ0) is 9.95. The fourth-order valence-corrected chi connectivity index (χ4v) is 1.17. The van der Waals surface area contributed by atoms with Gasteiger partial charge in [-0.25, -0.2) is 0 Å². The van der Waals surface area contributed by atoms with Crippen LogP contribution >= 0.6 is 0 Å². The van der Waals surface area contributed by atoms with Crippen molar-refractivity contribution < 1.29 is 13.2 Å². The van der Waals surface area contributed by atoms with Gasteiger partial charge in [0.05, 0.1) is 0 Å². The van der Waals surface area contributed by atoms with Crippen molar-refractivity contribution >= 4 is 0 Å². The first-order valence-corrected chi connectivity index (χ1v) is 4.23. The van der Waals surface area contributed by atoms with Crippen LogP contribution in [0, 0.1) is 11.8 Å². The highest BCUT2D eigenvalue weighted by atomic mass is 19.4. The topological polar surface area (TPSA) is 12.0 Å². The molecule has 1 rings (SSSR count). The van der Waals surface area contributed by atoms with E-state index in [1.807, 2.05) is 0 Å². The summed E-state index contributed by atoms with van der Waals surface area (Å²) in [6, 6.07) is 0. The summed E-state index contributed by atoms with van der Waals surface area (Å²) in [6.07, 6.45) is -3.22. The van der Waals surface area contributed by atoms with Crippen LogP contribution in [0.1, 0.15) is 26.2 Å². The minimum atomic E-state index is -4.10. The van der Waals surface area contributed by atoms with E-state index in [2.05, 4.69) is 17.2 Å². The molecule has 0 bridgehead atoms. The lowest BCUT2D eigenvalue weighted by molar-refractivity contribution is -0.165. The molecule has 1 fully saturated rings. The second-order valence-corrected chi connectivity index (χ2v) is 3.18. The van der Waals surface area contributed by atoms with E-state index >= 15 is 0 Å². The van der Waals surface area contributed by atoms with Crippen molar-refractivity contribution in [3.05, 3.63) is 0 Å². The largest absolute Gasteiger partial charge is 0.406 e. The quantitative estimate of drug-likeness (QED) is 0.532. The summed E-state index contributed by atoms with van der Waals surface area (Å²) in [5.41, 5.74) is -1.58. The average Bonchev–Trinajstić information content (AvgIpc) is 2.77.